The molecule has 2 N–H and O–H groups in total. The molecular formula is C18H18Cl3N3O4S. The number of carbonyl (C=O) groups is 1. The molecule has 1 fully saturated rings. The van der Waals surface area contributed by atoms with Gasteiger partial charge >= 0.3 is 0 Å². The summed E-state index contributed by atoms with van der Waals surface area (Å²) >= 11 is 18.0. The molecule has 29 heavy (non-hydrogen) atoms. The number of halogens is 3. The minimum absolute atomic E-state index is 0.0582. The number of carbonyl (C=O) groups excluding carboxylic acids is 1. The molecule has 11 heteroatoms. The molecule has 156 valence electrons. The summed E-state index contributed by atoms with van der Waals surface area (Å²) in [6.07, 6.45) is 1.60. The lowest BCUT2D eigenvalue weighted by Gasteiger charge is -2.18. The van der Waals surface area contributed by atoms with Gasteiger partial charge in [-0.1, -0.05) is 34.8 Å². The first-order chi connectivity index (χ1) is 13.7. The van der Waals surface area contributed by atoms with Crippen molar-refractivity contribution in [2.24, 2.45) is 0 Å². The zero-order valence-corrected chi connectivity index (χ0v) is 18.4. The van der Waals surface area contributed by atoms with Crippen molar-refractivity contribution in [1.29, 1.82) is 0 Å². The van der Waals surface area contributed by atoms with Gasteiger partial charge in [0.25, 0.3) is 5.91 Å². The lowest BCUT2D eigenvalue weighted by atomic mass is 10.2. The highest BCUT2D eigenvalue weighted by Crippen LogP contribution is 2.33. The third-order valence-electron chi connectivity index (χ3n) is 4.42. The molecule has 7 nitrogen and oxygen atoms in total. The van der Waals surface area contributed by atoms with E-state index in [9.17, 15) is 13.2 Å². The summed E-state index contributed by atoms with van der Waals surface area (Å²) in [6.45, 7) is 0.883. The number of methoxy groups -OCH3 is 1. The molecule has 0 radical (unpaired) electrons. The van der Waals surface area contributed by atoms with Crippen molar-refractivity contribution in [2.45, 2.75) is 17.7 Å². The summed E-state index contributed by atoms with van der Waals surface area (Å²) in [7, 11) is -2.39. The Balaban J connectivity index is 1.85. The largest absolute Gasteiger partial charge is 0.495 e. The Bertz CT molecular complexity index is 1020. The van der Waals surface area contributed by atoms with Gasteiger partial charge in [0.1, 0.15) is 10.6 Å². The first kappa shape index (κ1) is 22.0. The Kier molecular flexibility index (Phi) is 6.80. The van der Waals surface area contributed by atoms with Crippen LogP contribution in [0.3, 0.4) is 0 Å². The molecule has 0 spiro atoms. The lowest BCUT2D eigenvalue weighted by molar-refractivity contribution is 0.0962. The summed E-state index contributed by atoms with van der Waals surface area (Å²) in [5.41, 5.74) is 5.48. The third kappa shape index (κ3) is 4.73. The van der Waals surface area contributed by atoms with Crippen LogP contribution < -0.4 is 15.6 Å². The van der Waals surface area contributed by atoms with Crippen molar-refractivity contribution in [3.63, 3.8) is 0 Å². The van der Waals surface area contributed by atoms with Crippen LogP contribution in [0.15, 0.2) is 35.2 Å². The van der Waals surface area contributed by atoms with Crippen molar-refractivity contribution in [1.82, 2.24) is 9.73 Å². The molecule has 0 aliphatic carbocycles. The number of hydrogen-bond acceptors (Lipinski definition) is 5. The molecule has 3 rings (SSSR count). The topological polar surface area (TPSA) is 87.7 Å². The molecule has 0 saturated carbocycles. The van der Waals surface area contributed by atoms with Gasteiger partial charge in [0.15, 0.2) is 0 Å². The van der Waals surface area contributed by atoms with E-state index in [1.165, 1.54) is 41.7 Å². The van der Waals surface area contributed by atoms with Crippen molar-refractivity contribution in [2.75, 3.05) is 25.6 Å². The molecule has 0 unspecified atom stereocenters. The number of sulfonamides is 1. The molecule has 1 aliphatic rings. The maximum absolute atomic E-state index is 12.9. The predicted molar refractivity (Wildman–Crippen MR) is 114 cm³/mol. The average molecular weight is 479 g/mol. The standard InChI is InChI=1S/C18H18Cl3N3O4S/c1-28-15-5-4-11(8-16(15)29(26,27)24-6-2-3-7-24)18(25)23-22-17-13(20)9-12(19)10-14(17)21/h4-5,8-10,22H,2-3,6-7H2,1H3,(H,23,25). The number of benzene rings is 2. The number of hydrogen-bond donors (Lipinski definition) is 2. The van der Waals surface area contributed by atoms with Crippen LogP contribution >= 0.6 is 34.8 Å². The van der Waals surface area contributed by atoms with Gasteiger partial charge < -0.3 is 4.74 Å². The summed E-state index contributed by atoms with van der Waals surface area (Å²) in [6, 6.07) is 7.13. The smallest absolute Gasteiger partial charge is 0.269 e. The molecule has 1 saturated heterocycles. The summed E-state index contributed by atoms with van der Waals surface area (Å²) < 4.78 is 32.5. The van der Waals surface area contributed by atoms with Crippen LogP contribution in [0.25, 0.3) is 0 Å². The minimum Gasteiger partial charge on any atom is -0.495 e. The third-order valence-corrected chi connectivity index (χ3v) is 7.15. The van der Waals surface area contributed by atoms with E-state index < -0.39 is 15.9 Å². The number of ether oxygens (including phenoxy) is 1. The van der Waals surface area contributed by atoms with E-state index in [-0.39, 0.29) is 31.9 Å². The summed E-state index contributed by atoms with van der Waals surface area (Å²) in [5.74, 6) is -0.405. The Morgan fingerprint density at radius 1 is 1.07 bits per heavy atom. The van der Waals surface area contributed by atoms with Gasteiger partial charge in [0.2, 0.25) is 10.0 Å². The normalized spacial score (nSPS) is 14.6. The number of anilines is 1. The second kappa shape index (κ2) is 8.97. The fourth-order valence-corrected chi connectivity index (χ4v) is 5.55. The fourth-order valence-electron chi connectivity index (χ4n) is 2.94. The summed E-state index contributed by atoms with van der Waals surface area (Å²) in [5, 5.41) is 0.786. The van der Waals surface area contributed by atoms with Gasteiger partial charge in [-0.3, -0.25) is 15.6 Å². The molecule has 0 bridgehead atoms. The number of amides is 1. The second-order valence-electron chi connectivity index (χ2n) is 6.30. The number of hydrazine groups is 1. The van der Waals surface area contributed by atoms with E-state index in [0.717, 1.165) is 12.8 Å². The highest BCUT2D eigenvalue weighted by atomic mass is 35.5. The zero-order chi connectivity index (χ0) is 21.2. The zero-order valence-electron chi connectivity index (χ0n) is 15.3. The number of rotatable bonds is 6. The molecule has 1 heterocycles. The quantitative estimate of drug-likeness (QED) is 0.608. The lowest BCUT2D eigenvalue weighted by Crippen LogP contribution is -2.31. The summed E-state index contributed by atoms with van der Waals surface area (Å²) in [4.78, 5) is 12.5. The average Bonchev–Trinajstić information content (AvgIpc) is 3.22. The molecule has 0 atom stereocenters. The monoisotopic (exact) mass is 477 g/mol. The van der Waals surface area contributed by atoms with Crippen LogP contribution in [0.1, 0.15) is 23.2 Å². The van der Waals surface area contributed by atoms with E-state index in [1.807, 2.05) is 0 Å². The van der Waals surface area contributed by atoms with E-state index in [1.54, 1.807) is 0 Å². The molecule has 2 aromatic rings. The Morgan fingerprint density at radius 2 is 1.69 bits per heavy atom. The number of nitrogens with one attached hydrogen (secondary N) is 2. The van der Waals surface area contributed by atoms with E-state index in [2.05, 4.69) is 10.9 Å². The maximum atomic E-state index is 12.9. The number of nitrogens with zero attached hydrogens (tertiary/aromatic N) is 1. The van der Waals surface area contributed by atoms with Crippen molar-refractivity contribution < 1.29 is 17.9 Å². The molecule has 1 amide bonds. The first-order valence-corrected chi connectivity index (χ1v) is 11.2. The van der Waals surface area contributed by atoms with Crippen LogP contribution in [-0.4, -0.2) is 38.8 Å². The van der Waals surface area contributed by atoms with E-state index in [0.29, 0.717) is 18.1 Å². The maximum Gasteiger partial charge on any atom is 0.269 e. The van der Waals surface area contributed by atoms with Crippen molar-refractivity contribution in [3.8, 4) is 5.75 Å². The van der Waals surface area contributed by atoms with Crippen molar-refractivity contribution >= 4 is 56.4 Å². The van der Waals surface area contributed by atoms with Crippen molar-refractivity contribution in [3.05, 3.63) is 51.0 Å². The fraction of sp³-hybridized carbons (Fsp3) is 0.278. The van der Waals surface area contributed by atoms with Crippen LogP contribution in [0.2, 0.25) is 15.1 Å². The highest BCUT2D eigenvalue weighted by Gasteiger charge is 2.30. The highest BCUT2D eigenvalue weighted by molar-refractivity contribution is 7.89. The van der Waals surface area contributed by atoms with Gasteiger partial charge in [-0.25, -0.2) is 8.42 Å². The molecular weight excluding hydrogens is 461 g/mol. The van der Waals surface area contributed by atoms with Gasteiger partial charge in [-0.15, -0.1) is 0 Å². The Labute approximate surface area is 183 Å². The van der Waals surface area contributed by atoms with Crippen LogP contribution in [-0.2, 0) is 10.0 Å². The van der Waals surface area contributed by atoms with Gasteiger partial charge in [0.05, 0.1) is 22.8 Å². The molecule has 0 aromatic heterocycles. The molecule has 2 aromatic carbocycles. The van der Waals surface area contributed by atoms with E-state index >= 15 is 0 Å². The van der Waals surface area contributed by atoms with E-state index in [4.69, 9.17) is 39.5 Å². The first-order valence-electron chi connectivity index (χ1n) is 8.63. The molecule has 1 aliphatic heterocycles. The van der Waals surface area contributed by atoms with Crippen LogP contribution in [0.5, 0.6) is 5.75 Å². The SMILES string of the molecule is COc1ccc(C(=O)NNc2c(Cl)cc(Cl)cc2Cl)cc1S(=O)(=O)N1CCCC1. The van der Waals surface area contributed by atoms with Crippen LogP contribution in [0, 0.1) is 0 Å². The minimum atomic E-state index is -3.77. The Hall–Kier alpha value is -1.71. The van der Waals surface area contributed by atoms with Gasteiger partial charge in [-0.2, -0.15) is 4.31 Å². The van der Waals surface area contributed by atoms with Crippen LogP contribution in [0.4, 0.5) is 5.69 Å². The predicted octanol–water partition coefficient (Wildman–Crippen LogP) is 4.20. The van der Waals surface area contributed by atoms with Gasteiger partial charge in [-0.05, 0) is 43.2 Å². The van der Waals surface area contributed by atoms with Gasteiger partial charge in [0, 0.05) is 23.7 Å². The Morgan fingerprint density at radius 3 is 2.28 bits per heavy atom. The second-order valence-corrected chi connectivity index (χ2v) is 9.46.